The van der Waals surface area contributed by atoms with Crippen LogP contribution in [0, 0.1) is 0 Å². The SMILES string of the molecule is O=S(=O)(NCc1cccnc1)c1ccc(-n2cccn2)cc1. The van der Waals surface area contributed by atoms with Gasteiger partial charge in [0.2, 0.25) is 10.0 Å². The van der Waals surface area contributed by atoms with Crippen molar-refractivity contribution in [3.05, 3.63) is 72.8 Å². The number of hydrogen-bond acceptors (Lipinski definition) is 4. The summed E-state index contributed by atoms with van der Waals surface area (Å²) in [5.74, 6) is 0. The second kappa shape index (κ2) is 6.08. The summed E-state index contributed by atoms with van der Waals surface area (Å²) in [7, 11) is -3.55. The van der Waals surface area contributed by atoms with E-state index in [1.54, 1.807) is 65.9 Å². The van der Waals surface area contributed by atoms with Crippen LogP contribution in [0.3, 0.4) is 0 Å². The molecule has 0 amide bonds. The zero-order valence-corrected chi connectivity index (χ0v) is 12.4. The molecule has 22 heavy (non-hydrogen) atoms. The fraction of sp³-hybridized carbons (Fsp3) is 0.0667. The zero-order valence-electron chi connectivity index (χ0n) is 11.6. The molecule has 0 aliphatic rings. The summed E-state index contributed by atoms with van der Waals surface area (Å²) in [6.45, 7) is 0.205. The molecule has 3 aromatic rings. The third kappa shape index (κ3) is 3.21. The van der Waals surface area contributed by atoms with Gasteiger partial charge in [-0.1, -0.05) is 6.07 Å². The molecule has 0 saturated heterocycles. The predicted molar refractivity (Wildman–Crippen MR) is 81.8 cm³/mol. The van der Waals surface area contributed by atoms with Crippen LogP contribution in [0.25, 0.3) is 5.69 Å². The van der Waals surface area contributed by atoms with Crippen molar-refractivity contribution in [3.8, 4) is 5.69 Å². The van der Waals surface area contributed by atoms with Crippen molar-refractivity contribution in [3.63, 3.8) is 0 Å². The van der Waals surface area contributed by atoms with E-state index in [4.69, 9.17) is 0 Å². The summed E-state index contributed by atoms with van der Waals surface area (Å²) in [5, 5.41) is 4.10. The Bertz CT molecular complexity index is 829. The average Bonchev–Trinajstić information content (AvgIpc) is 3.09. The van der Waals surface area contributed by atoms with Crippen molar-refractivity contribution in [1.29, 1.82) is 0 Å². The normalized spacial score (nSPS) is 11.5. The van der Waals surface area contributed by atoms with Gasteiger partial charge in [0.15, 0.2) is 0 Å². The first-order chi connectivity index (χ1) is 10.6. The van der Waals surface area contributed by atoms with Crippen LogP contribution < -0.4 is 4.72 Å². The van der Waals surface area contributed by atoms with Crippen LogP contribution in [0.15, 0.2) is 72.1 Å². The molecule has 1 N–H and O–H groups in total. The van der Waals surface area contributed by atoms with Gasteiger partial charge < -0.3 is 0 Å². The van der Waals surface area contributed by atoms with Gasteiger partial charge in [-0.3, -0.25) is 4.98 Å². The second-order valence-corrected chi connectivity index (χ2v) is 6.40. The molecule has 0 spiro atoms. The van der Waals surface area contributed by atoms with Gasteiger partial charge in [0.25, 0.3) is 0 Å². The highest BCUT2D eigenvalue weighted by atomic mass is 32.2. The van der Waals surface area contributed by atoms with E-state index in [0.717, 1.165) is 11.3 Å². The van der Waals surface area contributed by atoms with Gasteiger partial charge in [-0.25, -0.2) is 17.8 Å². The molecule has 112 valence electrons. The monoisotopic (exact) mass is 314 g/mol. The summed E-state index contributed by atoms with van der Waals surface area (Å²) in [6, 6.07) is 11.9. The van der Waals surface area contributed by atoms with Gasteiger partial charge in [0.05, 0.1) is 10.6 Å². The first-order valence-electron chi connectivity index (χ1n) is 6.64. The number of benzene rings is 1. The summed E-state index contributed by atoms with van der Waals surface area (Å²) >= 11 is 0. The van der Waals surface area contributed by atoms with Crippen LogP contribution >= 0.6 is 0 Å². The fourth-order valence-electron chi connectivity index (χ4n) is 1.96. The quantitative estimate of drug-likeness (QED) is 0.778. The highest BCUT2D eigenvalue weighted by Gasteiger charge is 2.13. The topological polar surface area (TPSA) is 76.9 Å². The lowest BCUT2D eigenvalue weighted by Gasteiger charge is -2.08. The fourth-order valence-corrected chi connectivity index (χ4v) is 2.98. The standard InChI is InChI=1S/C15H14N4O2S/c20-22(21,18-12-13-3-1-8-16-11-13)15-6-4-14(5-7-15)19-10-2-9-17-19/h1-11,18H,12H2. The first-order valence-corrected chi connectivity index (χ1v) is 8.12. The van der Waals surface area contributed by atoms with Gasteiger partial charge in [-0.05, 0) is 42.0 Å². The third-order valence-corrected chi connectivity index (χ3v) is 4.52. The van der Waals surface area contributed by atoms with Crippen LogP contribution in [0.5, 0.6) is 0 Å². The molecular weight excluding hydrogens is 300 g/mol. The smallest absolute Gasteiger partial charge is 0.240 e. The third-order valence-electron chi connectivity index (χ3n) is 3.11. The van der Waals surface area contributed by atoms with Crippen LogP contribution in [0.4, 0.5) is 0 Å². The molecule has 0 fully saturated rings. The Labute approximate surface area is 128 Å². The number of sulfonamides is 1. The number of pyridine rings is 1. The Morgan fingerprint density at radius 1 is 1.05 bits per heavy atom. The lowest BCUT2D eigenvalue weighted by molar-refractivity contribution is 0.581. The van der Waals surface area contributed by atoms with Gasteiger partial charge >= 0.3 is 0 Å². The van der Waals surface area contributed by atoms with Crippen molar-refractivity contribution in [1.82, 2.24) is 19.5 Å². The summed E-state index contributed by atoms with van der Waals surface area (Å²) in [4.78, 5) is 4.17. The molecule has 6 nitrogen and oxygen atoms in total. The number of hydrogen-bond donors (Lipinski definition) is 1. The Kier molecular flexibility index (Phi) is 3.99. The lowest BCUT2D eigenvalue weighted by atomic mass is 10.3. The largest absolute Gasteiger partial charge is 0.264 e. The van der Waals surface area contributed by atoms with E-state index in [1.807, 2.05) is 6.07 Å². The minimum absolute atomic E-state index is 0.205. The second-order valence-electron chi connectivity index (χ2n) is 4.63. The summed E-state index contributed by atoms with van der Waals surface area (Å²) in [5.41, 5.74) is 1.61. The van der Waals surface area contributed by atoms with E-state index in [-0.39, 0.29) is 11.4 Å². The van der Waals surface area contributed by atoms with Crippen molar-refractivity contribution >= 4 is 10.0 Å². The summed E-state index contributed by atoms with van der Waals surface area (Å²) in [6.07, 6.45) is 6.74. The molecular formula is C15H14N4O2S. The van der Waals surface area contributed by atoms with Gasteiger partial charge in [0, 0.05) is 31.3 Å². The van der Waals surface area contributed by atoms with E-state index < -0.39 is 10.0 Å². The molecule has 0 radical (unpaired) electrons. The first kappa shape index (κ1) is 14.4. The van der Waals surface area contributed by atoms with Crippen LogP contribution in [-0.2, 0) is 16.6 Å². The minimum Gasteiger partial charge on any atom is -0.264 e. The van der Waals surface area contributed by atoms with Crippen molar-refractivity contribution < 1.29 is 8.42 Å². The predicted octanol–water partition coefficient (Wildman–Crippen LogP) is 1.75. The Morgan fingerprint density at radius 3 is 2.50 bits per heavy atom. The van der Waals surface area contributed by atoms with Crippen molar-refractivity contribution in [2.45, 2.75) is 11.4 Å². The van der Waals surface area contributed by atoms with Crippen molar-refractivity contribution in [2.75, 3.05) is 0 Å². The number of aromatic nitrogens is 3. The van der Waals surface area contributed by atoms with Gasteiger partial charge in [-0.15, -0.1) is 0 Å². The van der Waals surface area contributed by atoms with Crippen LogP contribution in [0.2, 0.25) is 0 Å². The Balaban J connectivity index is 1.75. The maximum absolute atomic E-state index is 12.2. The molecule has 1 aromatic carbocycles. The van der Waals surface area contributed by atoms with Gasteiger partial charge in [0.1, 0.15) is 0 Å². The molecule has 0 aliphatic heterocycles. The average molecular weight is 314 g/mol. The Hall–Kier alpha value is -2.51. The Morgan fingerprint density at radius 2 is 1.86 bits per heavy atom. The molecule has 0 bridgehead atoms. The van der Waals surface area contributed by atoms with E-state index in [0.29, 0.717) is 0 Å². The molecule has 0 atom stereocenters. The van der Waals surface area contributed by atoms with E-state index in [2.05, 4.69) is 14.8 Å². The van der Waals surface area contributed by atoms with Crippen LogP contribution in [-0.4, -0.2) is 23.2 Å². The maximum Gasteiger partial charge on any atom is 0.240 e. The van der Waals surface area contributed by atoms with Crippen molar-refractivity contribution in [2.24, 2.45) is 0 Å². The number of nitrogens with one attached hydrogen (secondary N) is 1. The molecule has 3 rings (SSSR count). The molecule has 2 heterocycles. The summed E-state index contributed by atoms with van der Waals surface area (Å²) < 4.78 is 28.7. The minimum atomic E-state index is -3.55. The molecule has 0 unspecified atom stereocenters. The van der Waals surface area contributed by atoms with Gasteiger partial charge in [-0.2, -0.15) is 5.10 Å². The highest BCUT2D eigenvalue weighted by molar-refractivity contribution is 7.89. The van der Waals surface area contributed by atoms with E-state index in [9.17, 15) is 8.42 Å². The molecule has 0 saturated carbocycles. The molecule has 2 aromatic heterocycles. The maximum atomic E-state index is 12.2. The lowest BCUT2D eigenvalue weighted by Crippen LogP contribution is -2.23. The molecule has 0 aliphatic carbocycles. The molecule has 7 heteroatoms. The highest BCUT2D eigenvalue weighted by Crippen LogP contribution is 2.13. The zero-order chi connectivity index (χ0) is 15.4. The van der Waals surface area contributed by atoms with E-state index >= 15 is 0 Å². The van der Waals surface area contributed by atoms with Crippen LogP contribution in [0.1, 0.15) is 5.56 Å². The number of rotatable bonds is 5. The number of nitrogens with zero attached hydrogens (tertiary/aromatic N) is 3. The van der Waals surface area contributed by atoms with E-state index in [1.165, 1.54) is 0 Å².